The molecule has 26 heavy (non-hydrogen) atoms. The van der Waals surface area contributed by atoms with Crippen LogP contribution in [0.5, 0.6) is 0 Å². The van der Waals surface area contributed by atoms with Crippen LogP contribution in [0, 0.1) is 13.8 Å². The molecule has 1 N–H and O–H groups in total. The first kappa shape index (κ1) is 20.0. The molecule has 1 amide bonds. The fourth-order valence-corrected chi connectivity index (χ4v) is 2.81. The van der Waals surface area contributed by atoms with Crippen molar-refractivity contribution in [1.29, 1.82) is 0 Å². The van der Waals surface area contributed by atoms with Crippen LogP contribution < -0.4 is 0 Å². The van der Waals surface area contributed by atoms with Crippen LogP contribution in [0.25, 0.3) is 0 Å². The molecule has 0 saturated carbocycles. The van der Waals surface area contributed by atoms with Gasteiger partial charge in [-0.15, -0.1) is 0 Å². The number of amides is 1. The highest BCUT2D eigenvalue weighted by Gasteiger charge is 2.24. The van der Waals surface area contributed by atoms with Crippen LogP contribution in [0.4, 0.5) is 0 Å². The van der Waals surface area contributed by atoms with Crippen LogP contribution in [0.1, 0.15) is 37.7 Å². The van der Waals surface area contributed by atoms with Crippen molar-refractivity contribution >= 4 is 23.5 Å². The fourth-order valence-electron chi connectivity index (χ4n) is 2.69. The summed E-state index contributed by atoms with van der Waals surface area (Å²) in [6.45, 7) is 4.40. The monoisotopic (exact) mass is 378 g/mol. The van der Waals surface area contributed by atoms with Gasteiger partial charge in [0.05, 0.1) is 12.2 Å². The van der Waals surface area contributed by atoms with Crippen LogP contribution in [-0.2, 0) is 16.0 Å². The zero-order chi connectivity index (χ0) is 19.3. The van der Waals surface area contributed by atoms with Gasteiger partial charge in [0.2, 0.25) is 0 Å². The SMILES string of the molecule is COCCOC(=O)c1c(C)[nH]c(C(=O)N(C)Cc2ccc(Cl)cc2)c1C. The number of hydrogen-bond donors (Lipinski definition) is 1. The second kappa shape index (κ2) is 8.87. The number of nitrogens with one attached hydrogen (secondary N) is 1. The summed E-state index contributed by atoms with van der Waals surface area (Å²) in [7, 11) is 3.25. The van der Waals surface area contributed by atoms with Gasteiger partial charge in [-0.25, -0.2) is 4.79 Å². The van der Waals surface area contributed by atoms with Crippen molar-refractivity contribution in [2.75, 3.05) is 27.4 Å². The Morgan fingerprint density at radius 3 is 2.42 bits per heavy atom. The molecule has 2 aromatic rings. The summed E-state index contributed by atoms with van der Waals surface area (Å²) in [5.74, 6) is -0.663. The maximum atomic E-state index is 12.8. The number of aromatic amines is 1. The minimum atomic E-state index is -0.465. The molecule has 0 aliphatic rings. The summed E-state index contributed by atoms with van der Waals surface area (Å²) < 4.78 is 10.0. The zero-order valence-electron chi connectivity index (χ0n) is 15.4. The Hall–Kier alpha value is -2.31. The smallest absolute Gasteiger partial charge is 0.340 e. The van der Waals surface area contributed by atoms with E-state index in [1.807, 2.05) is 12.1 Å². The van der Waals surface area contributed by atoms with Gasteiger partial charge in [0.25, 0.3) is 5.91 Å². The van der Waals surface area contributed by atoms with Crippen LogP contribution in [0.15, 0.2) is 24.3 Å². The number of carbonyl (C=O) groups is 2. The van der Waals surface area contributed by atoms with Crippen molar-refractivity contribution in [2.45, 2.75) is 20.4 Å². The molecule has 0 bridgehead atoms. The molecule has 0 unspecified atom stereocenters. The van der Waals surface area contributed by atoms with E-state index in [9.17, 15) is 9.59 Å². The maximum absolute atomic E-state index is 12.8. The quantitative estimate of drug-likeness (QED) is 0.592. The third-order valence-corrected chi connectivity index (χ3v) is 4.31. The lowest BCUT2D eigenvalue weighted by Gasteiger charge is -2.17. The van der Waals surface area contributed by atoms with Crippen molar-refractivity contribution in [1.82, 2.24) is 9.88 Å². The maximum Gasteiger partial charge on any atom is 0.340 e. The van der Waals surface area contributed by atoms with E-state index in [1.54, 1.807) is 37.9 Å². The summed E-state index contributed by atoms with van der Waals surface area (Å²) in [6.07, 6.45) is 0. The van der Waals surface area contributed by atoms with Crippen molar-refractivity contribution in [3.63, 3.8) is 0 Å². The Bertz CT molecular complexity index is 784. The van der Waals surface area contributed by atoms with E-state index in [-0.39, 0.29) is 12.5 Å². The average Bonchev–Trinajstić information content (AvgIpc) is 2.90. The largest absolute Gasteiger partial charge is 0.460 e. The number of hydrogen-bond acceptors (Lipinski definition) is 4. The van der Waals surface area contributed by atoms with E-state index in [4.69, 9.17) is 21.1 Å². The molecular weight excluding hydrogens is 356 g/mol. The van der Waals surface area contributed by atoms with Gasteiger partial charge >= 0.3 is 5.97 Å². The molecule has 7 heteroatoms. The molecule has 0 aliphatic heterocycles. The Morgan fingerprint density at radius 1 is 1.15 bits per heavy atom. The van der Waals surface area contributed by atoms with Crippen molar-refractivity contribution in [3.8, 4) is 0 Å². The number of aromatic nitrogens is 1. The minimum absolute atomic E-state index is 0.166. The number of carbonyl (C=O) groups excluding carboxylic acids is 2. The molecule has 0 radical (unpaired) electrons. The van der Waals surface area contributed by atoms with E-state index in [2.05, 4.69) is 4.98 Å². The van der Waals surface area contributed by atoms with Gasteiger partial charge in [-0.05, 0) is 37.1 Å². The molecule has 0 atom stereocenters. The molecule has 6 nitrogen and oxygen atoms in total. The molecule has 0 spiro atoms. The average molecular weight is 379 g/mol. The number of ether oxygens (including phenoxy) is 2. The molecule has 140 valence electrons. The molecule has 1 aromatic heterocycles. The van der Waals surface area contributed by atoms with E-state index < -0.39 is 5.97 Å². The number of H-pyrrole nitrogens is 1. The topological polar surface area (TPSA) is 71.6 Å². The van der Waals surface area contributed by atoms with Crippen LogP contribution in [0.2, 0.25) is 5.02 Å². The first-order chi connectivity index (χ1) is 12.3. The van der Waals surface area contributed by atoms with Crippen LogP contribution >= 0.6 is 11.6 Å². The second-order valence-corrected chi connectivity index (χ2v) is 6.48. The summed E-state index contributed by atoms with van der Waals surface area (Å²) in [5, 5.41) is 0.648. The number of nitrogens with zero attached hydrogens (tertiary/aromatic N) is 1. The number of rotatable bonds is 7. The molecule has 0 aliphatic carbocycles. The Morgan fingerprint density at radius 2 is 1.81 bits per heavy atom. The number of esters is 1. The number of aryl methyl sites for hydroxylation is 1. The minimum Gasteiger partial charge on any atom is -0.460 e. The predicted molar refractivity (Wildman–Crippen MR) is 99.7 cm³/mol. The van der Waals surface area contributed by atoms with Gasteiger partial charge in [-0.3, -0.25) is 4.79 Å². The Kier molecular flexibility index (Phi) is 6.83. The third kappa shape index (κ3) is 4.65. The highest BCUT2D eigenvalue weighted by Crippen LogP contribution is 2.21. The lowest BCUT2D eigenvalue weighted by molar-refractivity contribution is 0.0387. The Labute approximate surface area is 158 Å². The first-order valence-electron chi connectivity index (χ1n) is 8.20. The molecule has 0 saturated heterocycles. The highest BCUT2D eigenvalue weighted by molar-refractivity contribution is 6.30. The van der Waals surface area contributed by atoms with Crippen molar-refractivity contribution in [2.24, 2.45) is 0 Å². The highest BCUT2D eigenvalue weighted by atomic mass is 35.5. The van der Waals surface area contributed by atoms with Crippen LogP contribution in [0.3, 0.4) is 0 Å². The van der Waals surface area contributed by atoms with Crippen molar-refractivity contribution < 1.29 is 19.1 Å². The van der Waals surface area contributed by atoms with E-state index in [0.717, 1.165) is 5.56 Å². The molecule has 2 rings (SSSR count). The molecule has 1 heterocycles. The molecule has 0 fully saturated rings. The molecule has 1 aromatic carbocycles. The van der Waals surface area contributed by atoms with Crippen LogP contribution in [-0.4, -0.2) is 49.1 Å². The van der Waals surface area contributed by atoms with Gasteiger partial charge in [0.15, 0.2) is 0 Å². The van der Waals surface area contributed by atoms with Gasteiger partial charge in [-0.2, -0.15) is 0 Å². The van der Waals surface area contributed by atoms with E-state index >= 15 is 0 Å². The van der Waals surface area contributed by atoms with Gasteiger partial charge in [0.1, 0.15) is 12.3 Å². The van der Waals surface area contributed by atoms with Gasteiger partial charge in [0, 0.05) is 31.4 Å². The van der Waals surface area contributed by atoms with Gasteiger partial charge < -0.3 is 19.4 Å². The summed E-state index contributed by atoms with van der Waals surface area (Å²) in [5.41, 5.74) is 2.93. The number of methoxy groups -OCH3 is 1. The Balaban J connectivity index is 2.14. The molecular formula is C19H23ClN2O4. The van der Waals surface area contributed by atoms with E-state index in [1.165, 1.54) is 7.11 Å². The third-order valence-electron chi connectivity index (χ3n) is 4.06. The fraction of sp³-hybridized carbons (Fsp3) is 0.368. The normalized spacial score (nSPS) is 10.7. The van der Waals surface area contributed by atoms with Crippen molar-refractivity contribution in [3.05, 3.63) is 57.4 Å². The lowest BCUT2D eigenvalue weighted by Crippen LogP contribution is -2.27. The zero-order valence-corrected chi connectivity index (χ0v) is 16.1. The second-order valence-electron chi connectivity index (χ2n) is 6.04. The number of benzene rings is 1. The lowest BCUT2D eigenvalue weighted by atomic mass is 10.1. The summed E-state index contributed by atoms with van der Waals surface area (Å²) in [6, 6.07) is 7.32. The standard InChI is InChI=1S/C19H23ClN2O4/c1-12-16(19(24)26-10-9-25-4)13(2)21-17(12)18(23)22(3)11-14-5-7-15(20)8-6-14/h5-8,21H,9-11H2,1-4H3. The van der Waals surface area contributed by atoms with E-state index in [0.29, 0.717) is 40.7 Å². The first-order valence-corrected chi connectivity index (χ1v) is 8.58. The van der Waals surface area contributed by atoms with Gasteiger partial charge in [-0.1, -0.05) is 23.7 Å². The summed E-state index contributed by atoms with van der Waals surface area (Å²) >= 11 is 5.89. The number of halogens is 1. The predicted octanol–water partition coefficient (Wildman–Crippen LogP) is 3.36. The summed E-state index contributed by atoms with van der Waals surface area (Å²) in [4.78, 5) is 29.6.